The summed E-state index contributed by atoms with van der Waals surface area (Å²) in [7, 11) is 1.38. The van der Waals surface area contributed by atoms with Crippen molar-refractivity contribution >= 4 is 23.2 Å². The second-order valence-corrected chi connectivity index (χ2v) is 4.27. The first-order valence-electron chi connectivity index (χ1n) is 5.26. The van der Waals surface area contributed by atoms with Crippen LogP contribution in [0, 0.1) is 21.7 Å². The molecule has 1 atom stereocenters. The predicted molar refractivity (Wildman–Crippen MR) is 65.3 cm³/mol. The van der Waals surface area contributed by atoms with Crippen LogP contribution in [0.4, 0.5) is 14.5 Å². The summed E-state index contributed by atoms with van der Waals surface area (Å²) in [6.07, 6.45) is 0. The van der Waals surface area contributed by atoms with Gasteiger partial charge in [0.05, 0.1) is 11.0 Å². The summed E-state index contributed by atoms with van der Waals surface area (Å²) in [4.78, 5) is 23.0. The van der Waals surface area contributed by atoms with Gasteiger partial charge in [-0.05, 0) is 13.0 Å². The number of carbonyl (C=O) groups is 1. The maximum Gasteiger partial charge on any atom is 0.285 e. The minimum absolute atomic E-state index is 0.111. The van der Waals surface area contributed by atoms with E-state index in [2.05, 4.69) is 0 Å². The van der Waals surface area contributed by atoms with Crippen molar-refractivity contribution in [2.75, 3.05) is 12.9 Å². The average Bonchev–Trinajstić information content (AvgIpc) is 2.38. The normalized spacial score (nSPS) is 12.1. The molecule has 1 rings (SSSR count). The lowest BCUT2D eigenvalue weighted by Gasteiger charge is -2.22. The zero-order valence-corrected chi connectivity index (χ0v) is 10.9. The highest BCUT2D eigenvalue weighted by molar-refractivity contribution is 6.18. The van der Waals surface area contributed by atoms with Crippen molar-refractivity contribution in [2.24, 2.45) is 0 Å². The Hall–Kier alpha value is -1.76. The van der Waals surface area contributed by atoms with E-state index in [1.165, 1.54) is 7.05 Å². The van der Waals surface area contributed by atoms with Crippen LogP contribution in [0.25, 0.3) is 0 Å². The number of amides is 1. The zero-order valence-electron chi connectivity index (χ0n) is 10.2. The summed E-state index contributed by atoms with van der Waals surface area (Å²) in [5.74, 6) is -3.38. The van der Waals surface area contributed by atoms with Crippen LogP contribution in [-0.2, 0) is 0 Å². The summed E-state index contributed by atoms with van der Waals surface area (Å²) in [5, 5.41) is 10.8. The van der Waals surface area contributed by atoms with Gasteiger partial charge >= 0.3 is 0 Å². The van der Waals surface area contributed by atoms with Gasteiger partial charge in [0.1, 0.15) is 5.56 Å². The van der Waals surface area contributed by atoms with E-state index in [-0.39, 0.29) is 5.88 Å². The van der Waals surface area contributed by atoms with Crippen molar-refractivity contribution in [3.8, 4) is 0 Å². The average molecular weight is 293 g/mol. The molecule has 1 aromatic carbocycles. The number of benzene rings is 1. The first kappa shape index (κ1) is 15.3. The largest absolute Gasteiger partial charge is 0.338 e. The van der Waals surface area contributed by atoms with Gasteiger partial charge in [-0.25, -0.2) is 8.78 Å². The molecule has 0 fully saturated rings. The van der Waals surface area contributed by atoms with Crippen LogP contribution >= 0.6 is 11.6 Å². The van der Waals surface area contributed by atoms with E-state index in [1.54, 1.807) is 6.92 Å². The van der Waals surface area contributed by atoms with Gasteiger partial charge in [-0.1, -0.05) is 0 Å². The standard InChI is InChI=1S/C11H11ClF2N2O3/c1-6(5-12)15(2)11(17)7-3-8(13)9(14)4-10(7)16(18)19/h3-4,6H,5H2,1-2H3. The molecule has 0 saturated carbocycles. The summed E-state index contributed by atoms with van der Waals surface area (Å²) < 4.78 is 26.1. The number of hydrogen-bond donors (Lipinski definition) is 0. The molecule has 0 heterocycles. The maximum atomic E-state index is 13.1. The molecule has 0 aliphatic heterocycles. The molecule has 0 saturated heterocycles. The molecule has 8 heteroatoms. The van der Waals surface area contributed by atoms with Gasteiger partial charge < -0.3 is 4.90 Å². The van der Waals surface area contributed by atoms with Crippen LogP contribution in [0.1, 0.15) is 17.3 Å². The molecular formula is C11H11ClF2N2O3. The van der Waals surface area contributed by atoms with E-state index in [9.17, 15) is 23.7 Å². The monoisotopic (exact) mass is 292 g/mol. The molecule has 19 heavy (non-hydrogen) atoms. The number of nitro benzene ring substituents is 1. The number of hydrogen-bond acceptors (Lipinski definition) is 3. The second kappa shape index (κ2) is 5.92. The molecule has 104 valence electrons. The topological polar surface area (TPSA) is 63.5 Å². The number of halogens is 3. The Morgan fingerprint density at radius 3 is 2.47 bits per heavy atom. The van der Waals surface area contributed by atoms with E-state index < -0.39 is 39.8 Å². The number of nitrogens with zero attached hydrogens (tertiary/aromatic N) is 2. The lowest BCUT2D eigenvalue weighted by molar-refractivity contribution is -0.385. The van der Waals surface area contributed by atoms with Gasteiger partial charge in [0.25, 0.3) is 11.6 Å². The molecule has 1 amide bonds. The Morgan fingerprint density at radius 1 is 1.47 bits per heavy atom. The fourth-order valence-corrected chi connectivity index (χ4v) is 1.56. The van der Waals surface area contributed by atoms with Gasteiger partial charge in [0.15, 0.2) is 11.6 Å². The molecule has 0 spiro atoms. The highest BCUT2D eigenvalue weighted by Gasteiger charge is 2.27. The van der Waals surface area contributed by atoms with Crippen LogP contribution in [0.2, 0.25) is 0 Å². The van der Waals surface area contributed by atoms with Crippen LogP contribution in [-0.4, -0.2) is 34.7 Å². The Morgan fingerprint density at radius 2 is 2.00 bits per heavy atom. The lowest BCUT2D eigenvalue weighted by Crippen LogP contribution is -2.36. The molecule has 0 aliphatic rings. The molecule has 0 radical (unpaired) electrons. The molecule has 5 nitrogen and oxygen atoms in total. The van der Waals surface area contributed by atoms with Crippen molar-refractivity contribution in [1.82, 2.24) is 4.90 Å². The Kier molecular flexibility index (Phi) is 4.77. The fourth-order valence-electron chi connectivity index (χ4n) is 1.35. The minimum atomic E-state index is -1.38. The third-order valence-corrected chi connectivity index (χ3v) is 3.12. The van der Waals surface area contributed by atoms with Gasteiger partial charge in [0, 0.05) is 19.0 Å². The van der Waals surface area contributed by atoms with Gasteiger partial charge in [-0.15, -0.1) is 11.6 Å². The third-order valence-electron chi connectivity index (χ3n) is 2.67. The maximum absolute atomic E-state index is 13.1. The van der Waals surface area contributed by atoms with E-state index in [4.69, 9.17) is 11.6 Å². The number of rotatable bonds is 4. The van der Waals surface area contributed by atoms with Crippen LogP contribution in [0.15, 0.2) is 12.1 Å². The molecule has 0 N–H and O–H groups in total. The van der Waals surface area contributed by atoms with Crippen molar-refractivity contribution in [1.29, 1.82) is 0 Å². The van der Waals surface area contributed by atoms with Crippen molar-refractivity contribution in [3.05, 3.63) is 39.4 Å². The predicted octanol–water partition coefficient (Wildman–Crippen LogP) is 2.57. The quantitative estimate of drug-likeness (QED) is 0.487. The molecule has 0 aliphatic carbocycles. The highest BCUT2D eigenvalue weighted by Crippen LogP contribution is 2.24. The second-order valence-electron chi connectivity index (χ2n) is 3.96. The number of carbonyl (C=O) groups excluding carboxylic acids is 1. The lowest BCUT2D eigenvalue weighted by atomic mass is 10.1. The van der Waals surface area contributed by atoms with Gasteiger partial charge in [-0.3, -0.25) is 14.9 Å². The molecule has 0 bridgehead atoms. The van der Waals surface area contributed by atoms with Crippen LogP contribution in [0.3, 0.4) is 0 Å². The molecule has 1 aromatic rings. The summed E-state index contributed by atoms with van der Waals surface area (Å²) in [5.41, 5.74) is -1.29. The number of alkyl halides is 1. The minimum Gasteiger partial charge on any atom is -0.338 e. The van der Waals surface area contributed by atoms with Gasteiger partial charge in [0.2, 0.25) is 0 Å². The molecule has 1 unspecified atom stereocenters. The summed E-state index contributed by atoms with van der Waals surface area (Å²) in [6.45, 7) is 1.62. The molecular weight excluding hydrogens is 282 g/mol. The Bertz CT molecular complexity index is 525. The number of nitro groups is 1. The van der Waals surface area contributed by atoms with Crippen LogP contribution < -0.4 is 0 Å². The van der Waals surface area contributed by atoms with Gasteiger partial charge in [-0.2, -0.15) is 0 Å². The first-order valence-corrected chi connectivity index (χ1v) is 5.79. The van der Waals surface area contributed by atoms with E-state index in [0.717, 1.165) is 4.90 Å². The van der Waals surface area contributed by atoms with Crippen LogP contribution in [0.5, 0.6) is 0 Å². The first-order chi connectivity index (χ1) is 8.79. The third kappa shape index (κ3) is 3.17. The Balaban J connectivity index is 3.29. The fraction of sp³-hybridized carbons (Fsp3) is 0.364. The zero-order chi connectivity index (χ0) is 14.7. The van der Waals surface area contributed by atoms with Crippen molar-refractivity contribution in [3.63, 3.8) is 0 Å². The highest BCUT2D eigenvalue weighted by atomic mass is 35.5. The summed E-state index contributed by atoms with van der Waals surface area (Å²) >= 11 is 5.58. The van der Waals surface area contributed by atoms with E-state index in [1.807, 2.05) is 0 Å². The smallest absolute Gasteiger partial charge is 0.285 e. The SMILES string of the molecule is CC(CCl)N(C)C(=O)c1cc(F)c(F)cc1[N+](=O)[O-]. The van der Waals surface area contributed by atoms with Crippen molar-refractivity contribution in [2.45, 2.75) is 13.0 Å². The Labute approximate surface area is 112 Å². The molecule has 0 aromatic heterocycles. The van der Waals surface area contributed by atoms with Crippen molar-refractivity contribution < 1.29 is 18.5 Å². The van der Waals surface area contributed by atoms with E-state index >= 15 is 0 Å². The summed E-state index contributed by atoms with van der Waals surface area (Å²) in [6, 6.07) is 0.511. The van der Waals surface area contributed by atoms with E-state index in [0.29, 0.717) is 12.1 Å².